The number of hydrogen-bond acceptors (Lipinski definition) is 4. The number of carbonyl (C=O) groups is 2. The van der Waals surface area contributed by atoms with Gasteiger partial charge in [-0.1, -0.05) is 54.1 Å². The molecule has 0 N–H and O–H groups in total. The van der Waals surface area contributed by atoms with Crippen molar-refractivity contribution in [3.8, 4) is 0 Å². The molecule has 0 radical (unpaired) electrons. The number of amides is 2. The third kappa shape index (κ3) is 3.67. The Morgan fingerprint density at radius 1 is 0.848 bits per heavy atom. The van der Waals surface area contributed by atoms with Crippen LogP contribution in [-0.2, 0) is 16.4 Å². The first-order chi connectivity index (χ1) is 15.9. The van der Waals surface area contributed by atoms with E-state index in [2.05, 4.69) is 0 Å². The second kappa shape index (κ2) is 8.24. The molecule has 0 saturated carbocycles. The van der Waals surface area contributed by atoms with Gasteiger partial charge in [0.15, 0.2) is 0 Å². The third-order valence-corrected chi connectivity index (χ3v) is 8.42. The van der Waals surface area contributed by atoms with Crippen LogP contribution in [0.5, 0.6) is 0 Å². The molecule has 33 heavy (non-hydrogen) atoms. The largest absolute Gasteiger partial charge is 0.274 e. The zero-order valence-electron chi connectivity index (χ0n) is 18.3. The van der Waals surface area contributed by atoms with E-state index in [4.69, 9.17) is 0 Å². The number of fused-ring (bicyclic) bond motifs is 2. The molecule has 5 rings (SSSR count). The van der Waals surface area contributed by atoms with Crippen molar-refractivity contribution < 1.29 is 18.0 Å². The van der Waals surface area contributed by atoms with Crippen molar-refractivity contribution in [3.05, 3.63) is 101 Å². The molecule has 0 aromatic heterocycles. The Labute approximate surface area is 193 Å². The zero-order valence-corrected chi connectivity index (χ0v) is 19.1. The molecule has 0 bridgehead atoms. The molecule has 0 aliphatic carbocycles. The molecule has 0 saturated heterocycles. The summed E-state index contributed by atoms with van der Waals surface area (Å²) in [6, 6.07) is 21.0. The standard InChI is InChI=1S/C26H24N2O4S/c1-18-10-12-20(13-11-18)33(31,32)28-17-14-19-6-2-3-7-21(19)24(28)15-16-27-25(29)22-8-4-5-9-23(22)26(27)30/h2-13,24H,14-17H2,1H3. The van der Waals surface area contributed by atoms with E-state index in [1.165, 1.54) is 9.21 Å². The van der Waals surface area contributed by atoms with Crippen molar-refractivity contribution in [3.63, 3.8) is 0 Å². The van der Waals surface area contributed by atoms with Crippen molar-refractivity contribution in [2.75, 3.05) is 13.1 Å². The first-order valence-electron chi connectivity index (χ1n) is 11.0. The van der Waals surface area contributed by atoms with Crippen LogP contribution in [0.2, 0.25) is 0 Å². The van der Waals surface area contributed by atoms with Gasteiger partial charge in [0, 0.05) is 13.1 Å². The smallest absolute Gasteiger partial charge is 0.261 e. The predicted molar refractivity (Wildman–Crippen MR) is 124 cm³/mol. The fraction of sp³-hybridized carbons (Fsp3) is 0.231. The lowest BCUT2D eigenvalue weighted by atomic mass is 9.92. The number of nitrogens with zero attached hydrogens (tertiary/aromatic N) is 2. The molecular weight excluding hydrogens is 436 g/mol. The van der Waals surface area contributed by atoms with Crippen LogP contribution >= 0.6 is 0 Å². The maximum atomic E-state index is 13.6. The number of sulfonamides is 1. The van der Waals surface area contributed by atoms with Gasteiger partial charge >= 0.3 is 0 Å². The summed E-state index contributed by atoms with van der Waals surface area (Å²) in [6.07, 6.45) is 0.943. The average molecular weight is 461 g/mol. The Bertz CT molecular complexity index is 1310. The summed E-state index contributed by atoms with van der Waals surface area (Å²) < 4.78 is 28.7. The normalized spacial score (nSPS) is 18.3. The molecule has 6 nitrogen and oxygen atoms in total. The Kier molecular flexibility index (Phi) is 5.38. The van der Waals surface area contributed by atoms with Crippen LogP contribution in [0, 0.1) is 6.92 Å². The highest BCUT2D eigenvalue weighted by molar-refractivity contribution is 7.89. The zero-order chi connectivity index (χ0) is 23.2. The fourth-order valence-electron chi connectivity index (χ4n) is 4.75. The molecule has 2 aliphatic rings. The van der Waals surface area contributed by atoms with Crippen molar-refractivity contribution in [2.24, 2.45) is 0 Å². The molecule has 0 fully saturated rings. The van der Waals surface area contributed by atoms with Gasteiger partial charge in [-0.2, -0.15) is 4.31 Å². The Balaban J connectivity index is 1.47. The second-order valence-corrected chi connectivity index (χ2v) is 10.4. The number of aryl methyl sites for hydroxylation is 1. The van der Waals surface area contributed by atoms with E-state index in [0.29, 0.717) is 30.5 Å². The molecule has 168 valence electrons. The number of carbonyl (C=O) groups excluding carboxylic acids is 2. The molecule has 0 spiro atoms. The van der Waals surface area contributed by atoms with E-state index in [1.807, 2.05) is 31.2 Å². The summed E-state index contributed by atoms with van der Waals surface area (Å²) in [5, 5.41) is 0. The summed E-state index contributed by atoms with van der Waals surface area (Å²) in [4.78, 5) is 27.1. The molecular formula is C26H24N2O4S. The lowest BCUT2D eigenvalue weighted by molar-refractivity contribution is 0.0642. The quantitative estimate of drug-likeness (QED) is 0.540. The van der Waals surface area contributed by atoms with E-state index >= 15 is 0 Å². The highest BCUT2D eigenvalue weighted by Crippen LogP contribution is 2.37. The van der Waals surface area contributed by atoms with Gasteiger partial charge < -0.3 is 0 Å². The number of benzene rings is 3. The summed E-state index contributed by atoms with van der Waals surface area (Å²) >= 11 is 0. The van der Waals surface area contributed by atoms with Gasteiger partial charge in [0.2, 0.25) is 10.0 Å². The molecule has 1 unspecified atom stereocenters. The Morgan fingerprint density at radius 2 is 1.45 bits per heavy atom. The van der Waals surface area contributed by atoms with Gasteiger partial charge in [-0.05, 0) is 55.2 Å². The Hall–Kier alpha value is -3.29. The fourth-order valence-corrected chi connectivity index (χ4v) is 6.39. The molecule has 2 aliphatic heterocycles. The molecule has 7 heteroatoms. The van der Waals surface area contributed by atoms with Gasteiger partial charge in [0.05, 0.1) is 22.1 Å². The van der Waals surface area contributed by atoms with Crippen molar-refractivity contribution in [2.45, 2.75) is 30.7 Å². The van der Waals surface area contributed by atoms with E-state index in [-0.39, 0.29) is 23.3 Å². The molecule has 2 amide bonds. The predicted octanol–water partition coefficient (Wildman–Crippen LogP) is 3.97. The summed E-state index contributed by atoms with van der Waals surface area (Å²) in [5.41, 5.74) is 3.81. The van der Waals surface area contributed by atoms with Gasteiger partial charge in [-0.15, -0.1) is 0 Å². The summed E-state index contributed by atoms with van der Waals surface area (Å²) in [5.74, 6) is -0.653. The van der Waals surface area contributed by atoms with Crippen LogP contribution in [0.15, 0.2) is 77.7 Å². The molecule has 3 aromatic rings. The van der Waals surface area contributed by atoms with Crippen LogP contribution < -0.4 is 0 Å². The lowest BCUT2D eigenvalue weighted by Crippen LogP contribution is -2.42. The first-order valence-corrected chi connectivity index (χ1v) is 12.4. The minimum absolute atomic E-state index is 0.144. The van der Waals surface area contributed by atoms with Crippen LogP contribution in [0.3, 0.4) is 0 Å². The molecule has 2 heterocycles. The lowest BCUT2D eigenvalue weighted by Gasteiger charge is -2.37. The highest BCUT2D eigenvalue weighted by Gasteiger charge is 2.39. The maximum absolute atomic E-state index is 13.6. The van der Waals surface area contributed by atoms with Gasteiger partial charge in [-0.25, -0.2) is 8.42 Å². The van der Waals surface area contributed by atoms with Crippen molar-refractivity contribution in [1.82, 2.24) is 9.21 Å². The third-order valence-electron chi connectivity index (χ3n) is 6.50. The molecule has 1 atom stereocenters. The number of rotatable bonds is 5. The van der Waals surface area contributed by atoms with Gasteiger partial charge in [0.1, 0.15) is 0 Å². The summed E-state index contributed by atoms with van der Waals surface area (Å²) in [7, 11) is -3.75. The SMILES string of the molecule is Cc1ccc(S(=O)(=O)N2CCc3ccccc3C2CCN2C(=O)c3ccccc3C2=O)cc1. The van der Waals surface area contributed by atoms with Gasteiger partial charge in [-0.3, -0.25) is 14.5 Å². The summed E-state index contributed by atoms with van der Waals surface area (Å²) in [6.45, 7) is 2.41. The maximum Gasteiger partial charge on any atom is 0.261 e. The van der Waals surface area contributed by atoms with Crippen LogP contribution in [-0.4, -0.2) is 42.5 Å². The minimum Gasteiger partial charge on any atom is -0.274 e. The first kappa shape index (κ1) is 21.6. The van der Waals surface area contributed by atoms with Crippen molar-refractivity contribution in [1.29, 1.82) is 0 Å². The van der Waals surface area contributed by atoms with E-state index in [0.717, 1.165) is 16.7 Å². The van der Waals surface area contributed by atoms with E-state index in [1.54, 1.807) is 48.5 Å². The van der Waals surface area contributed by atoms with Crippen LogP contribution in [0.1, 0.15) is 49.9 Å². The van der Waals surface area contributed by atoms with Crippen LogP contribution in [0.25, 0.3) is 0 Å². The minimum atomic E-state index is -3.75. The van der Waals surface area contributed by atoms with Crippen molar-refractivity contribution >= 4 is 21.8 Å². The second-order valence-electron chi connectivity index (χ2n) is 8.49. The van der Waals surface area contributed by atoms with E-state index < -0.39 is 16.1 Å². The average Bonchev–Trinajstić information content (AvgIpc) is 3.07. The van der Waals surface area contributed by atoms with Gasteiger partial charge in [0.25, 0.3) is 11.8 Å². The topological polar surface area (TPSA) is 74.8 Å². The highest BCUT2D eigenvalue weighted by atomic mass is 32.2. The van der Waals surface area contributed by atoms with E-state index in [9.17, 15) is 18.0 Å². The number of hydrogen-bond donors (Lipinski definition) is 0. The number of imide groups is 1. The van der Waals surface area contributed by atoms with Crippen LogP contribution in [0.4, 0.5) is 0 Å². The monoisotopic (exact) mass is 460 g/mol. The molecule has 3 aromatic carbocycles. The Morgan fingerprint density at radius 3 is 2.12 bits per heavy atom.